The van der Waals surface area contributed by atoms with E-state index in [2.05, 4.69) is 25.8 Å². The normalized spacial score (nSPS) is 17.8. The predicted octanol–water partition coefficient (Wildman–Crippen LogP) is 1.67. The number of benzene rings is 1. The molecule has 17 heteroatoms. The number of alkyl halides is 3. The van der Waals surface area contributed by atoms with E-state index < -0.39 is 47.0 Å². The molecule has 204 valence electrons. The Kier molecular flexibility index (Phi) is 6.18. The van der Waals surface area contributed by atoms with Crippen LogP contribution in [0.5, 0.6) is 0 Å². The van der Waals surface area contributed by atoms with Crippen LogP contribution in [0.3, 0.4) is 0 Å². The van der Waals surface area contributed by atoms with Crippen LogP contribution < -0.4 is 16.0 Å². The molecule has 0 saturated carbocycles. The third-order valence-corrected chi connectivity index (χ3v) is 5.92. The number of aromatic nitrogens is 5. The van der Waals surface area contributed by atoms with Crippen molar-refractivity contribution in [3.63, 3.8) is 0 Å². The number of ether oxygens (including phenoxy) is 1. The first-order valence-electron chi connectivity index (χ1n) is 11.1. The summed E-state index contributed by atoms with van der Waals surface area (Å²) in [7, 11) is 0. The molecule has 0 aliphatic carbocycles. The second-order valence-corrected chi connectivity index (χ2v) is 8.66. The van der Waals surface area contributed by atoms with Crippen LogP contribution >= 0.6 is 0 Å². The standard InChI is InChI=1S/C22H18F4N8O5/c1-21(37,20(36)29-10-2-3-12-14(6-10)39-32-17(12)27)16-19(35)33(4-5-38-16)18-13(23)9-34(31-18)11-7-15(22(24,25)26)30-28-8-11/h2-3,6-9,16,37H,4-5H2,1H3,(H2,27,32)(H,29,36)/t16-,21?/m0/s1. The van der Waals surface area contributed by atoms with E-state index in [1.807, 2.05) is 0 Å². The van der Waals surface area contributed by atoms with Gasteiger partial charge in [-0.05, 0) is 25.1 Å². The molecule has 0 spiro atoms. The van der Waals surface area contributed by atoms with E-state index in [-0.39, 0.29) is 35.9 Å². The number of anilines is 3. The number of halogens is 4. The number of hydrogen-bond donors (Lipinski definition) is 3. The maximum atomic E-state index is 14.8. The molecule has 4 heterocycles. The molecule has 13 nitrogen and oxygen atoms in total. The van der Waals surface area contributed by atoms with Crippen LogP contribution in [0.2, 0.25) is 0 Å². The van der Waals surface area contributed by atoms with Gasteiger partial charge in [-0.3, -0.25) is 14.5 Å². The van der Waals surface area contributed by atoms with Gasteiger partial charge in [-0.15, -0.1) is 10.2 Å². The molecule has 39 heavy (non-hydrogen) atoms. The van der Waals surface area contributed by atoms with Gasteiger partial charge in [0, 0.05) is 11.8 Å². The van der Waals surface area contributed by atoms with E-state index in [4.69, 9.17) is 15.0 Å². The number of carbonyl (C=O) groups is 2. The number of nitrogen functional groups attached to an aromatic ring is 1. The van der Waals surface area contributed by atoms with Crippen molar-refractivity contribution in [1.82, 2.24) is 25.1 Å². The van der Waals surface area contributed by atoms with Crippen LogP contribution in [0, 0.1) is 5.82 Å². The lowest BCUT2D eigenvalue weighted by Crippen LogP contribution is -2.61. The molecule has 3 aromatic heterocycles. The summed E-state index contributed by atoms with van der Waals surface area (Å²) in [5.74, 6) is -3.50. The number of morpholine rings is 1. The Labute approximate surface area is 215 Å². The Morgan fingerprint density at radius 2 is 2.05 bits per heavy atom. The quantitative estimate of drug-likeness (QED) is 0.310. The highest BCUT2D eigenvalue weighted by Gasteiger charge is 2.49. The van der Waals surface area contributed by atoms with Crippen LogP contribution in [0.1, 0.15) is 12.6 Å². The number of hydrogen-bond acceptors (Lipinski definition) is 10. The second-order valence-electron chi connectivity index (χ2n) is 8.66. The van der Waals surface area contributed by atoms with Gasteiger partial charge in [0.25, 0.3) is 11.8 Å². The molecule has 1 aliphatic rings. The average molecular weight is 550 g/mol. The minimum Gasteiger partial charge on any atom is -0.380 e. The van der Waals surface area contributed by atoms with Gasteiger partial charge in [0.1, 0.15) is 0 Å². The van der Waals surface area contributed by atoms with Crippen molar-refractivity contribution in [3.05, 3.63) is 48.2 Å². The molecule has 0 radical (unpaired) electrons. The van der Waals surface area contributed by atoms with Gasteiger partial charge in [0.05, 0.1) is 36.6 Å². The fourth-order valence-electron chi connectivity index (χ4n) is 3.89. The van der Waals surface area contributed by atoms with Gasteiger partial charge in [0.2, 0.25) is 0 Å². The third kappa shape index (κ3) is 4.72. The molecular weight excluding hydrogens is 532 g/mol. The van der Waals surface area contributed by atoms with Crippen molar-refractivity contribution in [2.75, 3.05) is 29.1 Å². The zero-order valence-electron chi connectivity index (χ0n) is 19.8. The van der Waals surface area contributed by atoms with Crippen molar-refractivity contribution in [3.8, 4) is 5.69 Å². The number of nitrogens with zero attached hydrogens (tertiary/aromatic N) is 6. The lowest BCUT2D eigenvalue weighted by Gasteiger charge is -2.37. The minimum absolute atomic E-state index is 0.145. The lowest BCUT2D eigenvalue weighted by atomic mass is 9.95. The summed E-state index contributed by atoms with van der Waals surface area (Å²) < 4.78 is 65.0. The van der Waals surface area contributed by atoms with Crippen LogP contribution in [0.4, 0.5) is 34.9 Å². The predicted molar refractivity (Wildman–Crippen MR) is 124 cm³/mol. The summed E-state index contributed by atoms with van der Waals surface area (Å²) in [6, 6.07) is 5.01. The van der Waals surface area contributed by atoms with Crippen LogP contribution in [0.15, 0.2) is 41.2 Å². The first-order chi connectivity index (χ1) is 18.4. The van der Waals surface area contributed by atoms with E-state index in [0.717, 1.165) is 28.9 Å². The number of nitrogens with two attached hydrogens (primary N) is 1. The van der Waals surface area contributed by atoms with Crippen molar-refractivity contribution in [2.45, 2.75) is 24.8 Å². The Hall–Kier alpha value is -4.64. The molecule has 4 N–H and O–H groups in total. The molecule has 1 saturated heterocycles. The van der Waals surface area contributed by atoms with E-state index in [1.165, 1.54) is 18.2 Å². The molecule has 1 fully saturated rings. The molecule has 1 aliphatic heterocycles. The summed E-state index contributed by atoms with van der Waals surface area (Å²) in [6.45, 7) is 0.604. The highest BCUT2D eigenvalue weighted by Crippen LogP contribution is 2.30. The number of fused-ring (bicyclic) bond motifs is 1. The summed E-state index contributed by atoms with van der Waals surface area (Å²) in [6.07, 6.45) is -4.90. The zero-order valence-corrected chi connectivity index (χ0v) is 19.8. The molecule has 4 aromatic rings. The Morgan fingerprint density at radius 3 is 2.79 bits per heavy atom. The van der Waals surface area contributed by atoms with Gasteiger partial charge >= 0.3 is 6.18 Å². The van der Waals surface area contributed by atoms with E-state index in [9.17, 15) is 32.3 Å². The summed E-state index contributed by atoms with van der Waals surface area (Å²) >= 11 is 0. The SMILES string of the molecule is CC(O)(C(=O)Nc1ccc2c(N)noc2c1)[C@H]1OCCN(c2nn(-c3cnnc(C(F)(F)F)c3)cc2F)C1=O. The fourth-order valence-corrected chi connectivity index (χ4v) is 3.89. The maximum Gasteiger partial charge on any atom is 0.435 e. The second kappa shape index (κ2) is 9.28. The maximum absolute atomic E-state index is 14.8. The van der Waals surface area contributed by atoms with Gasteiger partial charge in [0.15, 0.2) is 40.4 Å². The third-order valence-electron chi connectivity index (χ3n) is 5.92. The van der Waals surface area contributed by atoms with Gasteiger partial charge in [-0.1, -0.05) is 5.16 Å². The first kappa shape index (κ1) is 26.0. The molecule has 2 amide bonds. The smallest absolute Gasteiger partial charge is 0.380 e. The molecule has 0 bridgehead atoms. The summed E-state index contributed by atoms with van der Waals surface area (Å²) in [5.41, 5.74) is 2.08. The highest BCUT2D eigenvalue weighted by molar-refractivity contribution is 6.06. The number of amides is 2. The summed E-state index contributed by atoms with van der Waals surface area (Å²) in [5, 5.41) is 27.7. The minimum atomic E-state index is -4.80. The number of aliphatic hydroxyl groups is 1. The van der Waals surface area contributed by atoms with Crippen molar-refractivity contribution in [2.24, 2.45) is 0 Å². The zero-order chi connectivity index (χ0) is 28.1. The monoisotopic (exact) mass is 550 g/mol. The molecule has 1 unspecified atom stereocenters. The van der Waals surface area contributed by atoms with Crippen molar-refractivity contribution in [1.29, 1.82) is 0 Å². The van der Waals surface area contributed by atoms with Gasteiger partial charge < -0.3 is 25.4 Å². The van der Waals surface area contributed by atoms with E-state index in [1.54, 1.807) is 0 Å². The molecule has 1 aromatic carbocycles. The van der Waals surface area contributed by atoms with Crippen molar-refractivity contribution < 1.29 is 41.5 Å². The molecule has 2 atom stereocenters. The van der Waals surface area contributed by atoms with E-state index in [0.29, 0.717) is 11.5 Å². The topological polar surface area (TPSA) is 175 Å². The Balaban J connectivity index is 1.37. The Bertz CT molecular complexity index is 1580. The first-order valence-corrected chi connectivity index (χ1v) is 11.1. The number of rotatable bonds is 5. The van der Waals surface area contributed by atoms with Crippen LogP contribution in [-0.2, 0) is 20.5 Å². The summed E-state index contributed by atoms with van der Waals surface area (Å²) in [4.78, 5) is 27.0. The van der Waals surface area contributed by atoms with Gasteiger partial charge in [-0.25, -0.2) is 9.07 Å². The lowest BCUT2D eigenvalue weighted by molar-refractivity contribution is -0.165. The highest BCUT2D eigenvalue weighted by atomic mass is 19.4. The number of nitrogens with one attached hydrogen (secondary N) is 1. The van der Waals surface area contributed by atoms with Gasteiger partial charge in [-0.2, -0.15) is 18.3 Å². The van der Waals surface area contributed by atoms with Crippen molar-refractivity contribution >= 4 is 40.1 Å². The number of carbonyl (C=O) groups excluding carboxylic acids is 2. The molecular formula is C22H18F4N8O5. The van der Waals surface area contributed by atoms with Crippen LogP contribution in [-0.4, -0.2) is 66.9 Å². The average Bonchev–Trinajstić information content (AvgIpc) is 3.45. The Morgan fingerprint density at radius 1 is 1.28 bits per heavy atom. The van der Waals surface area contributed by atoms with E-state index >= 15 is 0 Å². The largest absolute Gasteiger partial charge is 0.435 e. The fraction of sp³-hybridized carbons (Fsp3) is 0.273. The molecule has 5 rings (SSSR count). The van der Waals surface area contributed by atoms with Crippen LogP contribution in [0.25, 0.3) is 16.7 Å².